The van der Waals surface area contributed by atoms with Gasteiger partial charge in [0, 0.05) is 6.54 Å². The number of carbonyl (C=O) groups excluding carboxylic acids is 2. The summed E-state index contributed by atoms with van der Waals surface area (Å²) < 4.78 is 28.9. The van der Waals surface area contributed by atoms with Crippen molar-refractivity contribution < 1.29 is 18.0 Å². The van der Waals surface area contributed by atoms with Crippen LogP contribution in [-0.2, 0) is 19.6 Å². The van der Waals surface area contributed by atoms with Gasteiger partial charge in [-0.1, -0.05) is 43.2 Å². The van der Waals surface area contributed by atoms with E-state index in [9.17, 15) is 18.0 Å². The number of nitrogens with zero attached hydrogens (tertiary/aromatic N) is 1. The van der Waals surface area contributed by atoms with Crippen LogP contribution >= 0.6 is 0 Å². The second-order valence-electron chi connectivity index (χ2n) is 7.96. The van der Waals surface area contributed by atoms with Crippen LogP contribution in [0.15, 0.2) is 41.3 Å². The monoisotopic (exact) mass is 443 g/mol. The number of nitrogens with one attached hydrogen (secondary N) is 2. The van der Waals surface area contributed by atoms with Crippen molar-refractivity contribution in [2.24, 2.45) is 0 Å². The molecule has 1 unspecified atom stereocenters. The molecule has 7 nitrogen and oxygen atoms in total. The van der Waals surface area contributed by atoms with Crippen molar-refractivity contribution in [3.05, 3.63) is 53.1 Å². The van der Waals surface area contributed by atoms with Gasteiger partial charge in [0.1, 0.15) is 6.04 Å². The molecule has 1 aliphatic heterocycles. The Morgan fingerprint density at radius 3 is 2.42 bits per heavy atom. The second kappa shape index (κ2) is 9.09. The predicted molar refractivity (Wildman–Crippen MR) is 122 cm³/mol. The molecule has 1 heterocycles. The van der Waals surface area contributed by atoms with Gasteiger partial charge in [-0.05, 0) is 50.5 Å². The summed E-state index contributed by atoms with van der Waals surface area (Å²) in [6.45, 7) is 7.90. The normalized spacial score (nSPS) is 15.9. The molecule has 1 atom stereocenters. The number of hydrogen-bond donors (Lipinski definition) is 2. The van der Waals surface area contributed by atoms with Crippen LogP contribution in [0, 0.1) is 20.8 Å². The summed E-state index contributed by atoms with van der Waals surface area (Å²) in [5, 5.41) is 5.53. The van der Waals surface area contributed by atoms with Crippen molar-refractivity contribution in [2.45, 2.75) is 57.9 Å². The fraction of sp³-hybridized carbons (Fsp3) is 0.391. The average Bonchev–Trinajstić information content (AvgIpc) is 2.67. The molecule has 0 aromatic heterocycles. The minimum absolute atomic E-state index is 0.166. The van der Waals surface area contributed by atoms with Crippen molar-refractivity contribution in [2.75, 3.05) is 16.2 Å². The summed E-state index contributed by atoms with van der Waals surface area (Å²) in [4.78, 5) is 25.6. The van der Waals surface area contributed by atoms with E-state index in [0.29, 0.717) is 29.0 Å². The third-order valence-corrected chi connectivity index (χ3v) is 7.47. The predicted octanol–water partition coefficient (Wildman–Crippen LogP) is 3.43. The second-order valence-corrected chi connectivity index (χ2v) is 9.71. The maximum Gasteiger partial charge on any atom is 0.265 e. The Morgan fingerprint density at radius 2 is 1.77 bits per heavy atom. The molecule has 8 heteroatoms. The van der Waals surface area contributed by atoms with Crippen LogP contribution in [-0.4, -0.2) is 32.8 Å². The lowest BCUT2D eigenvalue weighted by molar-refractivity contribution is -0.125. The Labute approximate surface area is 183 Å². The number of unbranched alkanes of at least 4 members (excludes halogenated alkanes) is 1. The van der Waals surface area contributed by atoms with Crippen molar-refractivity contribution in [1.29, 1.82) is 0 Å². The quantitative estimate of drug-likeness (QED) is 0.641. The van der Waals surface area contributed by atoms with E-state index in [0.717, 1.165) is 22.7 Å². The highest BCUT2D eigenvalue weighted by Crippen LogP contribution is 2.38. The molecule has 0 spiro atoms. The molecule has 166 valence electrons. The van der Waals surface area contributed by atoms with Crippen molar-refractivity contribution in [3.63, 3.8) is 0 Å². The Kier molecular flexibility index (Phi) is 6.69. The molecule has 3 rings (SSSR count). The van der Waals surface area contributed by atoms with Gasteiger partial charge in [0.15, 0.2) is 0 Å². The zero-order chi connectivity index (χ0) is 22.8. The number of fused-ring (bicyclic) bond motifs is 1. The fourth-order valence-electron chi connectivity index (χ4n) is 4.06. The third kappa shape index (κ3) is 4.58. The van der Waals surface area contributed by atoms with E-state index in [1.165, 1.54) is 0 Å². The highest BCUT2D eigenvalue weighted by atomic mass is 32.2. The van der Waals surface area contributed by atoms with Gasteiger partial charge in [-0.3, -0.25) is 13.9 Å². The van der Waals surface area contributed by atoms with Crippen LogP contribution in [0.4, 0.5) is 11.4 Å². The van der Waals surface area contributed by atoms with Crippen LogP contribution in [0.3, 0.4) is 0 Å². The van der Waals surface area contributed by atoms with E-state index in [1.807, 2.05) is 26.0 Å². The average molecular weight is 444 g/mol. The first kappa shape index (κ1) is 22.8. The molecule has 1 aliphatic rings. The number of anilines is 2. The van der Waals surface area contributed by atoms with Crippen LogP contribution in [0.2, 0.25) is 0 Å². The molecule has 0 aliphatic carbocycles. The summed E-state index contributed by atoms with van der Waals surface area (Å²) in [5.74, 6) is -0.874. The summed E-state index contributed by atoms with van der Waals surface area (Å²) in [6.07, 6.45) is 1.48. The van der Waals surface area contributed by atoms with Gasteiger partial charge in [-0.25, -0.2) is 8.42 Å². The number of para-hydroxylation sites is 2. The minimum Gasteiger partial charge on any atom is -0.356 e. The smallest absolute Gasteiger partial charge is 0.265 e. The Hall–Kier alpha value is -2.87. The maximum absolute atomic E-state index is 13.9. The molecular weight excluding hydrogens is 414 g/mol. The lowest BCUT2D eigenvalue weighted by Crippen LogP contribution is -2.53. The molecule has 0 radical (unpaired) electrons. The van der Waals surface area contributed by atoms with E-state index < -0.39 is 22.0 Å². The zero-order valence-corrected chi connectivity index (χ0v) is 19.2. The van der Waals surface area contributed by atoms with Gasteiger partial charge >= 0.3 is 0 Å². The highest BCUT2D eigenvalue weighted by molar-refractivity contribution is 7.93. The minimum atomic E-state index is -4.11. The lowest BCUT2D eigenvalue weighted by Gasteiger charge is -2.37. The van der Waals surface area contributed by atoms with Crippen molar-refractivity contribution in [1.82, 2.24) is 5.32 Å². The number of hydrogen-bond acceptors (Lipinski definition) is 4. The van der Waals surface area contributed by atoms with Crippen LogP contribution < -0.4 is 14.9 Å². The zero-order valence-electron chi connectivity index (χ0n) is 18.4. The molecule has 31 heavy (non-hydrogen) atoms. The standard InChI is InChI=1S/C23H29N3O4S/c1-5-6-11-24-21(27)14-20-23(28)25-18-9-7-8-10-19(18)26(20)31(29,30)22-16(3)12-15(2)13-17(22)4/h7-10,12-13,20H,5-6,11,14H2,1-4H3,(H,24,27)(H,25,28). The van der Waals surface area contributed by atoms with Gasteiger partial charge in [0.25, 0.3) is 10.0 Å². The molecule has 2 N–H and O–H groups in total. The van der Waals surface area contributed by atoms with Crippen LogP contribution in [0.25, 0.3) is 0 Å². The van der Waals surface area contributed by atoms with Gasteiger partial charge < -0.3 is 10.6 Å². The fourth-order valence-corrected chi connectivity index (χ4v) is 6.11. The molecule has 0 saturated carbocycles. The van der Waals surface area contributed by atoms with E-state index in [1.54, 1.807) is 38.1 Å². The SMILES string of the molecule is CCCCNC(=O)CC1C(=O)Nc2ccccc2N1S(=O)(=O)c1c(C)cc(C)cc1C. The lowest BCUT2D eigenvalue weighted by atomic mass is 10.1. The Bertz CT molecular complexity index is 1090. The number of rotatable bonds is 7. The molecule has 2 amide bonds. The summed E-state index contributed by atoms with van der Waals surface area (Å²) in [5.41, 5.74) is 2.92. The summed E-state index contributed by atoms with van der Waals surface area (Å²) in [6, 6.07) is 9.18. The third-order valence-electron chi connectivity index (χ3n) is 5.34. The van der Waals surface area contributed by atoms with Gasteiger partial charge in [0.2, 0.25) is 11.8 Å². The first-order valence-corrected chi connectivity index (χ1v) is 11.9. The van der Waals surface area contributed by atoms with E-state index >= 15 is 0 Å². The largest absolute Gasteiger partial charge is 0.356 e. The molecule has 2 aromatic rings. The number of benzene rings is 2. The first-order chi connectivity index (χ1) is 14.7. The van der Waals surface area contributed by atoms with E-state index in [-0.39, 0.29) is 17.2 Å². The van der Waals surface area contributed by atoms with Gasteiger partial charge in [-0.2, -0.15) is 0 Å². The van der Waals surface area contributed by atoms with E-state index in [2.05, 4.69) is 10.6 Å². The maximum atomic E-state index is 13.9. The topological polar surface area (TPSA) is 95.6 Å². The van der Waals surface area contributed by atoms with Crippen LogP contribution in [0.1, 0.15) is 42.9 Å². The van der Waals surface area contributed by atoms with E-state index in [4.69, 9.17) is 0 Å². The summed E-state index contributed by atoms with van der Waals surface area (Å²) >= 11 is 0. The molecule has 2 aromatic carbocycles. The number of aryl methyl sites for hydroxylation is 3. The molecule has 0 bridgehead atoms. The van der Waals surface area contributed by atoms with Gasteiger partial charge in [-0.15, -0.1) is 0 Å². The number of sulfonamides is 1. The molecular formula is C23H29N3O4S. The number of carbonyl (C=O) groups is 2. The Balaban J connectivity index is 2.10. The van der Waals surface area contributed by atoms with Crippen molar-refractivity contribution >= 4 is 33.2 Å². The summed E-state index contributed by atoms with van der Waals surface area (Å²) in [7, 11) is -4.11. The highest BCUT2D eigenvalue weighted by Gasteiger charge is 2.42. The molecule has 0 fully saturated rings. The molecule has 0 saturated heterocycles. The number of amides is 2. The van der Waals surface area contributed by atoms with Crippen molar-refractivity contribution in [3.8, 4) is 0 Å². The first-order valence-electron chi connectivity index (χ1n) is 10.5. The van der Waals surface area contributed by atoms with Gasteiger partial charge in [0.05, 0.1) is 22.7 Å². The van der Waals surface area contributed by atoms with Crippen LogP contribution in [0.5, 0.6) is 0 Å². The Morgan fingerprint density at radius 1 is 1.13 bits per heavy atom.